The highest BCUT2D eigenvalue weighted by Crippen LogP contribution is 2.24. The van der Waals surface area contributed by atoms with Crippen molar-refractivity contribution in [2.75, 3.05) is 0 Å². The van der Waals surface area contributed by atoms with Crippen LogP contribution >= 0.6 is 0 Å². The normalized spacial score (nSPS) is 11.8. The molecule has 2 aromatic rings. The lowest BCUT2D eigenvalue weighted by atomic mass is 9.95. The molecule has 1 aromatic carbocycles. The summed E-state index contributed by atoms with van der Waals surface area (Å²) in [5.41, 5.74) is 2.16. The van der Waals surface area contributed by atoms with Gasteiger partial charge in [0.05, 0.1) is 6.07 Å². The summed E-state index contributed by atoms with van der Waals surface area (Å²) in [6, 6.07) is 12.9. The third-order valence-corrected chi connectivity index (χ3v) is 3.02. The quantitative estimate of drug-likeness (QED) is 0.910. The first-order valence-electron chi connectivity index (χ1n) is 5.89. The van der Waals surface area contributed by atoms with E-state index in [0.29, 0.717) is 12.2 Å². The highest BCUT2D eigenvalue weighted by Gasteiger charge is 2.18. The second-order valence-corrected chi connectivity index (χ2v) is 4.32. The maximum Gasteiger partial charge on any atom is 0.371 e. The van der Waals surface area contributed by atoms with E-state index in [4.69, 9.17) is 9.52 Å². The van der Waals surface area contributed by atoms with Crippen LogP contribution in [-0.4, -0.2) is 11.1 Å². The summed E-state index contributed by atoms with van der Waals surface area (Å²) in [5, 5.41) is 18.0. The highest BCUT2D eigenvalue weighted by atomic mass is 16.4. The molecule has 0 aliphatic rings. The molecule has 0 saturated heterocycles. The molecule has 1 heterocycles. The van der Waals surface area contributed by atoms with Crippen LogP contribution < -0.4 is 0 Å². The van der Waals surface area contributed by atoms with Crippen LogP contribution in [0.2, 0.25) is 0 Å². The molecule has 0 radical (unpaired) electrons. The third-order valence-electron chi connectivity index (χ3n) is 3.02. The molecule has 0 saturated carbocycles. The number of carbonyl (C=O) groups is 1. The summed E-state index contributed by atoms with van der Waals surface area (Å²) in [6.45, 7) is 1.98. The van der Waals surface area contributed by atoms with Crippen molar-refractivity contribution in [1.29, 1.82) is 5.26 Å². The number of carboxylic acids is 1. The van der Waals surface area contributed by atoms with Gasteiger partial charge in [0.1, 0.15) is 11.7 Å². The van der Waals surface area contributed by atoms with Crippen molar-refractivity contribution in [2.45, 2.75) is 19.3 Å². The molecule has 2 rings (SSSR count). The molecule has 4 nitrogen and oxygen atoms in total. The fourth-order valence-corrected chi connectivity index (χ4v) is 1.92. The fraction of sp³-hybridized carbons (Fsp3) is 0.200. The topological polar surface area (TPSA) is 74.2 Å². The molecule has 0 aliphatic carbocycles. The fourth-order valence-electron chi connectivity index (χ4n) is 1.92. The molecule has 0 bridgehead atoms. The predicted octanol–water partition coefficient (Wildman–Crippen LogP) is 3.14. The van der Waals surface area contributed by atoms with Gasteiger partial charge >= 0.3 is 5.97 Å². The Bertz CT molecular complexity index is 637. The molecule has 19 heavy (non-hydrogen) atoms. The van der Waals surface area contributed by atoms with E-state index in [2.05, 4.69) is 6.07 Å². The van der Waals surface area contributed by atoms with E-state index in [1.54, 1.807) is 6.07 Å². The average molecular weight is 255 g/mol. The Morgan fingerprint density at radius 3 is 2.68 bits per heavy atom. The number of nitriles is 1. The van der Waals surface area contributed by atoms with Crippen LogP contribution in [0.3, 0.4) is 0 Å². The first kappa shape index (κ1) is 12.9. The maximum absolute atomic E-state index is 10.8. The van der Waals surface area contributed by atoms with E-state index in [-0.39, 0.29) is 5.76 Å². The first-order valence-corrected chi connectivity index (χ1v) is 5.89. The maximum atomic E-state index is 10.8. The summed E-state index contributed by atoms with van der Waals surface area (Å²) < 4.78 is 5.19. The number of carboxylic acid groups (broad SMARTS) is 1. The van der Waals surface area contributed by atoms with Gasteiger partial charge in [0.25, 0.3) is 0 Å². The molecule has 0 aliphatic heterocycles. The van der Waals surface area contributed by atoms with Gasteiger partial charge < -0.3 is 9.52 Å². The van der Waals surface area contributed by atoms with Crippen LogP contribution in [0.4, 0.5) is 0 Å². The lowest BCUT2D eigenvalue weighted by molar-refractivity contribution is 0.0660. The van der Waals surface area contributed by atoms with Gasteiger partial charge in [-0.25, -0.2) is 4.79 Å². The van der Waals surface area contributed by atoms with Crippen molar-refractivity contribution in [1.82, 2.24) is 0 Å². The smallest absolute Gasteiger partial charge is 0.371 e. The van der Waals surface area contributed by atoms with Crippen molar-refractivity contribution in [3.63, 3.8) is 0 Å². The van der Waals surface area contributed by atoms with Crippen LogP contribution in [0.15, 0.2) is 40.8 Å². The van der Waals surface area contributed by atoms with Crippen molar-refractivity contribution in [2.24, 2.45) is 0 Å². The lowest BCUT2D eigenvalue weighted by Crippen LogP contribution is -2.01. The Morgan fingerprint density at radius 1 is 1.37 bits per heavy atom. The number of rotatable bonds is 4. The molecule has 1 atom stereocenters. The zero-order valence-electron chi connectivity index (χ0n) is 10.5. The highest BCUT2D eigenvalue weighted by molar-refractivity contribution is 5.84. The van der Waals surface area contributed by atoms with Crippen LogP contribution in [-0.2, 0) is 6.42 Å². The van der Waals surface area contributed by atoms with Crippen molar-refractivity contribution >= 4 is 5.97 Å². The zero-order valence-corrected chi connectivity index (χ0v) is 10.5. The second-order valence-electron chi connectivity index (χ2n) is 4.32. The standard InChI is InChI=1S/C15H13NO3/c1-10-4-2-3-5-11(10)8-12(9-16)13-6-7-14(19-13)15(17)18/h2-7,12H,8H2,1H3,(H,17,18). The van der Waals surface area contributed by atoms with Gasteiger partial charge in [0.15, 0.2) is 0 Å². The predicted molar refractivity (Wildman–Crippen MR) is 68.9 cm³/mol. The monoisotopic (exact) mass is 255 g/mol. The van der Waals surface area contributed by atoms with E-state index in [1.807, 2.05) is 31.2 Å². The van der Waals surface area contributed by atoms with E-state index in [0.717, 1.165) is 11.1 Å². The minimum Gasteiger partial charge on any atom is -0.475 e. The van der Waals surface area contributed by atoms with Gasteiger partial charge in [-0.3, -0.25) is 0 Å². The summed E-state index contributed by atoms with van der Waals surface area (Å²) in [4.78, 5) is 10.8. The molecule has 1 unspecified atom stereocenters. The Morgan fingerprint density at radius 2 is 2.11 bits per heavy atom. The summed E-state index contributed by atoms with van der Waals surface area (Å²) in [6.07, 6.45) is 0.510. The Kier molecular flexibility index (Phi) is 3.67. The van der Waals surface area contributed by atoms with Crippen molar-refractivity contribution in [3.8, 4) is 6.07 Å². The number of aryl methyl sites for hydroxylation is 1. The molecule has 1 N–H and O–H groups in total. The van der Waals surface area contributed by atoms with Crippen molar-refractivity contribution in [3.05, 3.63) is 59.0 Å². The molecular formula is C15H13NO3. The van der Waals surface area contributed by atoms with Crippen LogP contribution in [0, 0.1) is 18.3 Å². The van der Waals surface area contributed by atoms with Gasteiger partial charge in [-0.15, -0.1) is 0 Å². The molecule has 0 spiro atoms. The van der Waals surface area contributed by atoms with Crippen LogP contribution in [0.5, 0.6) is 0 Å². The van der Waals surface area contributed by atoms with Gasteiger partial charge in [-0.1, -0.05) is 24.3 Å². The van der Waals surface area contributed by atoms with Gasteiger partial charge in [-0.05, 0) is 36.6 Å². The Balaban J connectivity index is 2.23. The van der Waals surface area contributed by atoms with Crippen LogP contribution in [0.25, 0.3) is 0 Å². The largest absolute Gasteiger partial charge is 0.475 e. The number of nitrogens with zero attached hydrogens (tertiary/aromatic N) is 1. The SMILES string of the molecule is Cc1ccccc1CC(C#N)c1ccc(C(=O)O)o1. The molecule has 0 amide bonds. The summed E-state index contributed by atoms with van der Waals surface area (Å²) >= 11 is 0. The van der Waals surface area contributed by atoms with E-state index in [9.17, 15) is 10.1 Å². The molecule has 4 heteroatoms. The Labute approximate surface area is 110 Å². The zero-order chi connectivity index (χ0) is 13.8. The van der Waals surface area contributed by atoms with Crippen molar-refractivity contribution < 1.29 is 14.3 Å². The average Bonchev–Trinajstić information content (AvgIpc) is 2.87. The van der Waals surface area contributed by atoms with E-state index >= 15 is 0 Å². The van der Waals surface area contributed by atoms with E-state index < -0.39 is 11.9 Å². The van der Waals surface area contributed by atoms with E-state index in [1.165, 1.54) is 6.07 Å². The third kappa shape index (κ3) is 2.83. The number of hydrogen-bond donors (Lipinski definition) is 1. The summed E-state index contributed by atoms with van der Waals surface area (Å²) in [5.74, 6) is -1.35. The molecule has 96 valence electrons. The number of aromatic carboxylic acids is 1. The summed E-state index contributed by atoms with van der Waals surface area (Å²) in [7, 11) is 0. The van der Waals surface area contributed by atoms with Gasteiger partial charge in [0, 0.05) is 0 Å². The van der Waals surface area contributed by atoms with Gasteiger partial charge in [-0.2, -0.15) is 5.26 Å². The molecular weight excluding hydrogens is 242 g/mol. The number of benzene rings is 1. The lowest BCUT2D eigenvalue weighted by Gasteiger charge is -2.08. The van der Waals surface area contributed by atoms with Gasteiger partial charge in [0.2, 0.25) is 5.76 Å². The second kappa shape index (κ2) is 5.40. The minimum atomic E-state index is -1.13. The number of furan rings is 1. The van der Waals surface area contributed by atoms with Crippen LogP contribution in [0.1, 0.15) is 33.4 Å². The molecule has 0 fully saturated rings. The molecule has 1 aromatic heterocycles. The Hall–Kier alpha value is -2.54. The first-order chi connectivity index (χ1) is 9.11. The minimum absolute atomic E-state index is 0.139. The number of hydrogen-bond acceptors (Lipinski definition) is 3.